The number of carbonyl (C=O) groups excluding carboxylic acids is 5. The van der Waals surface area contributed by atoms with Crippen LogP contribution in [0.3, 0.4) is 0 Å². The number of likely N-dealkylation sites (tertiary alicyclic amines) is 1. The Bertz CT molecular complexity index is 2510. The van der Waals surface area contributed by atoms with Gasteiger partial charge in [0.25, 0.3) is 5.91 Å². The smallest absolute Gasteiger partial charge is 0.324 e. The number of fused-ring (bicyclic) bond motifs is 6. The third kappa shape index (κ3) is 10.3. The van der Waals surface area contributed by atoms with Crippen LogP contribution in [0.4, 0.5) is 0 Å². The minimum Gasteiger partial charge on any atom is -0.508 e. The number of carbonyl (C=O) groups is 5. The van der Waals surface area contributed by atoms with Crippen molar-refractivity contribution in [3.8, 4) is 28.1 Å². The summed E-state index contributed by atoms with van der Waals surface area (Å²) in [5, 5.41) is 16.8. The van der Waals surface area contributed by atoms with Gasteiger partial charge in [0, 0.05) is 62.5 Å². The van der Waals surface area contributed by atoms with Gasteiger partial charge in [0.05, 0.1) is 18.2 Å². The SMILES string of the molecule is C=CC(=O)N1CC[C@H](C(=O)N(C)[C@@H](C(=O)N[C@H]2Cc3cc(O)cc(c3)-c3ccc4c(c3)c(c(-c3cccc(CN(C)C)c3)n4CC)CC(C)(C)COC(=O)[C@@H]3CCCN(N3)C2=O)C(C)C)C1. The highest BCUT2D eigenvalue weighted by atomic mass is 16.5. The molecule has 0 saturated carbocycles. The lowest BCUT2D eigenvalue weighted by Crippen LogP contribution is -2.62. The lowest BCUT2D eigenvalue weighted by molar-refractivity contribution is -0.155. The molecule has 3 aliphatic rings. The molecule has 4 amide bonds. The number of rotatable bonds is 10. The van der Waals surface area contributed by atoms with Crippen molar-refractivity contribution < 1.29 is 33.8 Å². The predicted octanol–water partition coefficient (Wildman–Crippen LogP) is 5.93. The monoisotopic (exact) mass is 902 g/mol. The Labute approximate surface area is 388 Å². The fourth-order valence-corrected chi connectivity index (χ4v) is 10.1. The van der Waals surface area contributed by atoms with E-state index in [9.17, 15) is 29.1 Å². The van der Waals surface area contributed by atoms with E-state index in [-0.39, 0.29) is 49.6 Å². The molecule has 1 aromatic heterocycles. The molecule has 4 atom stereocenters. The van der Waals surface area contributed by atoms with Gasteiger partial charge in [-0.1, -0.05) is 64.6 Å². The van der Waals surface area contributed by atoms with Crippen LogP contribution < -0.4 is 10.7 Å². The Hall–Kier alpha value is -5.99. The van der Waals surface area contributed by atoms with Gasteiger partial charge in [0.15, 0.2) is 0 Å². The molecule has 0 aliphatic carbocycles. The van der Waals surface area contributed by atoms with Gasteiger partial charge in [0.1, 0.15) is 23.9 Å². The fraction of sp³-hybridized carbons (Fsp3) is 0.481. The van der Waals surface area contributed by atoms with Crippen molar-refractivity contribution >= 4 is 40.5 Å². The molecule has 0 radical (unpaired) electrons. The molecule has 4 heterocycles. The highest BCUT2D eigenvalue weighted by Gasteiger charge is 2.40. The maximum Gasteiger partial charge on any atom is 0.324 e. The number of nitrogens with one attached hydrogen (secondary N) is 2. The predicted molar refractivity (Wildman–Crippen MR) is 256 cm³/mol. The number of ether oxygens (including phenoxy) is 1. The maximum atomic E-state index is 14.7. The summed E-state index contributed by atoms with van der Waals surface area (Å²) in [6.07, 6.45) is 3.27. The number of phenolic OH excluding ortho intramolecular Hbond substituents is 1. The molecule has 4 aromatic rings. The van der Waals surface area contributed by atoms with Crippen molar-refractivity contribution in [2.75, 3.05) is 47.4 Å². The molecule has 3 N–H and O–H groups in total. The Morgan fingerprint density at radius 1 is 1.00 bits per heavy atom. The van der Waals surface area contributed by atoms with Crippen molar-refractivity contribution in [3.63, 3.8) is 0 Å². The quantitative estimate of drug-likeness (QED) is 0.130. The molecule has 0 unspecified atom stereocenters. The number of aryl methyl sites for hydroxylation is 1. The van der Waals surface area contributed by atoms with E-state index in [1.54, 1.807) is 24.1 Å². The summed E-state index contributed by atoms with van der Waals surface area (Å²) >= 11 is 0. The van der Waals surface area contributed by atoms with E-state index in [1.807, 2.05) is 26.0 Å². The number of hydrazine groups is 1. The zero-order valence-corrected chi connectivity index (χ0v) is 39.9. The number of cyclic esters (lactones) is 1. The summed E-state index contributed by atoms with van der Waals surface area (Å²) < 4.78 is 8.47. The van der Waals surface area contributed by atoms with Crippen molar-refractivity contribution in [2.45, 2.75) is 97.9 Å². The minimum absolute atomic E-state index is 0.00429. The van der Waals surface area contributed by atoms with Gasteiger partial charge < -0.3 is 34.4 Å². The standard InChI is InChI=1S/C52H67N7O7/c1-10-45(61)57-21-19-37(30-57)49(63)56(9)46(32(3)4)48(62)53-43-25-34-23-38(26-39(60)24-34)35-17-18-44-40(27-35)41(47(58(44)11-2)36-15-12-14-33(22-36)29-55(7)8)28-52(5,6)31-66-51(65)42-16-13-20-59(54-42)50(43)64/h10,12,14-15,17-18,22-24,26-27,32,37,42-43,46,54,60H,1,11,13,16,19-21,25,28-31H2,2-9H3,(H,53,62)/t37-,42-,43-,46+/m0/s1. The van der Waals surface area contributed by atoms with E-state index in [0.717, 1.165) is 51.9 Å². The zero-order valence-electron chi connectivity index (χ0n) is 39.9. The first-order valence-electron chi connectivity index (χ1n) is 23.3. The van der Waals surface area contributed by atoms with Crippen LogP contribution in [0.5, 0.6) is 5.75 Å². The molecule has 0 spiro atoms. The number of aromatic hydroxyl groups is 1. The molecule has 3 aromatic carbocycles. The van der Waals surface area contributed by atoms with Crippen LogP contribution >= 0.6 is 0 Å². The van der Waals surface area contributed by atoms with E-state index in [1.165, 1.54) is 21.5 Å². The molecule has 2 saturated heterocycles. The first-order valence-corrected chi connectivity index (χ1v) is 23.3. The van der Waals surface area contributed by atoms with E-state index >= 15 is 0 Å². The van der Waals surface area contributed by atoms with E-state index < -0.39 is 47.2 Å². The topological polar surface area (TPSA) is 157 Å². The van der Waals surface area contributed by atoms with Crippen LogP contribution in [0.2, 0.25) is 0 Å². The van der Waals surface area contributed by atoms with Gasteiger partial charge in [-0.3, -0.25) is 29.0 Å². The van der Waals surface area contributed by atoms with Crippen molar-refractivity contribution in [1.82, 2.24) is 35.0 Å². The van der Waals surface area contributed by atoms with Gasteiger partial charge >= 0.3 is 5.97 Å². The first-order chi connectivity index (χ1) is 31.4. The average Bonchev–Trinajstić information content (AvgIpc) is 3.89. The molecule has 6 bridgehead atoms. The number of benzene rings is 3. The Morgan fingerprint density at radius 3 is 2.48 bits per heavy atom. The first kappa shape index (κ1) is 48.0. The Kier molecular flexibility index (Phi) is 14.4. The highest BCUT2D eigenvalue weighted by molar-refractivity contribution is 5.96. The maximum absolute atomic E-state index is 14.7. The van der Waals surface area contributed by atoms with E-state index in [2.05, 4.69) is 98.1 Å². The summed E-state index contributed by atoms with van der Waals surface area (Å²) in [7, 11) is 5.71. The third-order valence-electron chi connectivity index (χ3n) is 13.2. The number of aromatic nitrogens is 1. The summed E-state index contributed by atoms with van der Waals surface area (Å²) in [6, 6.07) is 17.4. The summed E-state index contributed by atoms with van der Waals surface area (Å²) in [4.78, 5) is 74.5. The van der Waals surface area contributed by atoms with Gasteiger partial charge in [0.2, 0.25) is 17.7 Å². The van der Waals surface area contributed by atoms with E-state index in [0.29, 0.717) is 37.8 Å². The second-order valence-corrected chi connectivity index (χ2v) is 19.8. The number of likely N-dealkylation sites (N-methyl/N-ethyl adjacent to an activating group) is 1. The van der Waals surface area contributed by atoms with Crippen LogP contribution in [0.15, 0.2) is 73.3 Å². The van der Waals surface area contributed by atoms with Crippen LogP contribution in [-0.4, -0.2) is 124 Å². The fourth-order valence-electron chi connectivity index (χ4n) is 10.1. The number of hydrogen-bond donors (Lipinski definition) is 3. The molecule has 7 rings (SSSR count). The van der Waals surface area contributed by atoms with Gasteiger partial charge in [-0.25, -0.2) is 5.43 Å². The summed E-state index contributed by atoms with van der Waals surface area (Å²) in [6.45, 7) is 16.2. The van der Waals surface area contributed by atoms with Crippen LogP contribution in [-0.2, 0) is 54.6 Å². The molecule has 14 heteroatoms. The minimum atomic E-state index is -1.15. The molecule has 2 fully saturated rings. The lowest BCUT2D eigenvalue weighted by Gasteiger charge is -2.37. The average molecular weight is 902 g/mol. The summed E-state index contributed by atoms with van der Waals surface area (Å²) in [5.74, 6) is -2.78. The molecule has 352 valence electrons. The summed E-state index contributed by atoms with van der Waals surface area (Å²) in [5.41, 5.74) is 10.4. The van der Waals surface area contributed by atoms with Crippen LogP contribution in [0.1, 0.15) is 70.6 Å². The Balaban J connectivity index is 1.30. The number of amides is 4. The van der Waals surface area contributed by atoms with Crippen LogP contribution in [0, 0.1) is 17.3 Å². The molecular formula is C52H67N7O7. The molecule has 66 heavy (non-hydrogen) atoms. The van der Waals surface area contributed by atoms with Crippen molar-refractivity contribution in [2.24, 2.45) is 17.3 Å². The van der Waals surface area contributed by atoms with Gasteiger partial charge in [-0.15, -0.1) is 0 Å². The van der Waals surface area contributed by atoms with E-state index in [4.69, 9.17) is 4.74 Å². The second-order valence-electron chi connectivity index (χ2n) is 19.8. The Morgan fingerprint density at radius 2 is 1.77 bits per heavy atom. The second kappa shape index (κ2) is 19.9. The largest absolute Gasteiger partial charge is 0.508 e. The molecular weight excluding hydrogens is 835 g/mol. The van der Waals surface area contributed by atoms with Crippen molar-refractivity contribution in [1.29, 1.82) is 0 Å². The number of hydrogen-bond acceptors (Lipinski definition) is 9. The number of phenols is 1. The lowest BCUT2D eigenvalue weighted by atomic mass is 9.84. The third-order valence-corrected chi connectivity index (χ3v) is 13.2. The van der Waals surface area contributed by atoms with Gasteiger partial charge in [-0.05, 0) is 122 Å². The highest BCUT2D eigenvalue weighted by Crippen LogP contribution is 2.41. The number of nitrogens with zero attached hydrogens (tertiary/aromatic N) is 5. The molecule has 3 aliphatic heterocycles. The van der Waals surface area contributed by atoms with Crippen LogP contribution in [0.25, 0.3) is 33.3 Å². The number of esters is 1. The van der Waals surface area contributed by atoms with Gasteiger partial charge in [-0.2, -0.15) is 0 Å². The zero-order chi connectivity index (χ0) is 47.6. The van der Waals surface area contributed by atoms with Crippen molar-refractivity contribution in [3.05, 3.63) is 90.0 Å². The normalized spacial score (nSPS) is 20.5. The molecule has 14 nitrogen and oxygen atoms in total.